The second-order valence-corrected chi connectivity index (χ2v) is 10.1. The number of para-hydroxylation sites is 1. The molecule has 3 heterocycles. The molecule has 8 rings (SSSR count). The minimum absolute atomic E-state index is 0.562. The van der Waals surface area contributed by atoms with Gasteiger partial charge in [0.25, 0.3) is 0 Å². The van der Waals surface area contributed by atoms with Crippen LogP contribution < -0.4 is 0 Å². The van der Waals surface area contributed by atoms with Gasteiger partial charge < -0.3 is 4.42 Å². The summed E-state index contributed by atoms with van der Waals surface area (Å²) in [6.45, 7) is 0. The molecule has 3 aromatic heterocycles. The molecule has 5 aromatic carbocycles. The predicted octanol–water partition coefficient (Wildman–Crippen LogP) is 9.23. The van der Waals surface area contributed by atoms with E-state index in [1.807, 2.05) is 41.7 Å². The van der Waals surface area contributed by atoms with Crippen molar-refractivity contribution < 1.29 is 4.42 Å². The molecule has 36 heavy (non-hydrogen) atoms. The fourth-order valence-corrected chi connectivity index (χ4v) is 6.45. The summed E-state index contributed by atoms with van der Waals surface area (Å²) in [6, 6.07) is 37.9. The van der Waals surface area contributed by atoms with Crippen LogP contribution in [0, 0.1) is 0 Å². The molecular weight excluding hydrogens is 460 g/mol. The number of aromatic nitrogens is 2. The van der Waals surface area contributed by atoms with Crippen LogP contribution in [0.5, 0.6) is 0 Å². The lowest BCUT2D eigenvalue weighted by Crippen LogP contribution is -1.95. The van der Waals surface area contributed by atoms with Gasteiger partial charge in [0, 0.05) is 36.7 Å². The summed E-state index contributed by atoms with van der Waals surface area (Å²) in [5, 5.41) is 5.79. The molecule has 0 bridgehead atoms. The molecule has 4 heteroatoms. The number of hydrogen-bond donors (Lipinski definition) is 0. The van der Waals surface area contributed by atoms with Crippen molar-refractivity contribution in [3.63, 3.8) is 0 Å². The Hall–Kier alpha value is -4.54. The fourth-order valence-electron chi connectivity index (χ4n) is 5.29. The average Bonchev–Trinajstić information content (AvgIpc) is 3.49. The highest BCUT2D eigenvalue weighted by atomic mass is 32.1. The number of fused-ring (bicyclic) bond motifs is 7. The maximum atomic E-state index is 6.23. The van der Waals surface area contributed by atoms with Crippen molar-refractivity contribution in [1.82, 2.24) is 9.97 Å². The number of benzene rings is 5. The number of hydrogen-bond acceptors (Lipinski definition) is 4. The zero-order valence-corrected chi connectivity index (χ0v) is 19.9. The van der Waals surface area contributed by atoms with Gasteiger partial charge in [-0.2, -0.15) is 0 Å². The van der Waals surface area contributed by atoms with E-state index in [9.17, 15) is 0 Å². The lowest BCUT2D eigenvalue weighted by molar-refractivity contribution is 0.653. The summed E-state index contributed by atoms with van der Waals surface area (Å²) in [5.74, 6) is 0. The SMILES string of the molecule is c1ccc(-c2nc3c(nc2-c2c4ccccc4cc4sc5ccccc5c24)oc2ccccc23)cc1. The summed E-state index contributed by atoms with van der Waals surface area (Å²) in [6.07, 6.45) is 0. The topological polar surface area (TPSA) is 38.9 Å². The van der Waals surface area contributed by atoms with E-state index in [2.05, 4.69) is 78.9 Å². The highest BCUT2D eigenvalue weighted by Gasteiger charge is 2.22. The third-order valence-corrected chi connectivity index (χ3v) is 8.00. The van der Waals surface area contributed by atoms with E-state index in [1.165, 1.54) is 25.6 Å². The van der Waals surface area contributed by atoms with Gasteiger partial charge in [0.1, 0.15) is 16.8 Å². The smallest absolute Gasteiger partial charge is 0.246 e. The first kappa shape index (κ1) is 19.7. The van der Waals surface area contributed by atoms with Crippen LogP contribution in [0.2, 0.25) is 0 Å². The van der Waals surface area contributed by atoms with Crippen LogP contribution >= 0.6 is 11.3 Å². The molecule has 0 saturated heterocycles. The third kappa shape index (κ3) is 2.79. The Morgan fingerprint density at radius 1 is 0.583 bits per heavy atom. The molecule has 0 atom stereocenters. The standard InChI is InChI=1S/C32H18N2OS/c1-2-10-19(11-3-1)29-31(34-32-30(33-29)22-14-6-8-16-24(22)35-32)28-21-13-5-4-12-20(21)18-26-27(28)23-15-7-9-17-25(23)36-26/h1-18H. The first-order chi connectivity index (χ1) is 17.8. The first-order valence-electron chi connectivity index (χ1n) is 11.9. The van der Waals surface area contributed by atoms with Crippen molar-refractivity contribution >= 4 is 64.5 Å². The molecule has 0 aliphatic rings. The Kier molecular flexibility index (Phi) is 4.10. The quantitative estimate of drug-likeness (QED) is 0.248. The van der Waals surface area contributed by atoms with Gasteiger partial charge in [-0.05, 0) is 35.0 Å². The number of nitrogens with zero attached hydrogens (tertiary/aromatic N) is 2. The molecule has 0 radical (unpaired) electrons. The first-order valence-corrected chi connectivity index (χ1v) is 12.7. The maximum absolute atomic E-state index is 6.23. The Labute approximate surface area is 210 Å². The zero-order chi connectivity index (χ0) is 23.6. The molecule has 0 saturated carbocycles. The summed E-state index contributed by atoms with van der Waals surface area (Å²) in [7, 11) is 0. The van der Waals surface area contributed by atoms with Gasteiger partial charge in [-0.3, -0.25) is 0 Å². The van der Waals surface area contributed by atoms with E-state index in [0.717, 1.165) is 44.4 Å². The second kappa shape index (κ2) is 7.48. The van der Waals surface area contributed by atoms with Crippen molar-refractivity contribution in [2.45, 2.75) is 0 Å². The number of thiophene rings is 1. The van der Waals surface area contributed by atoms with E-state index in [0.29, 0.717) is 5.71 Å². The lowest BCUT2D eigenvalue weighted by atomic mass is 9.94. The Morgan fingerprint density at radius 2 is 1.31 bits per heavy atom. The van der Waals surface area contributed by atoms with Crippen molar-refractivity contribution in [1.29, 1.82) is 0 Å². The van der Waals surface area contributed by atoms with Gasteiger partial charge in [-0.15, -0.1) is 11.3 Å². The molecule has 0 N–H and O–H groups in total. The predicted molar refractivity (Wildman–Crippen MR) is 151 cm³/mol. The van der Waals surface area contributed by atoms with E-state index in [4.69, 9.17) is 14.4 Å². The fraction of sp³-hybridized carbons (Fsp3) is 0. The largest absolute Gasteiger partial charge is 0.436 e. The summed E-state index contributed by atoms with van der Waals surface area (Å²) in [4.78, 5) is 10.5. The van der Waals surface area contributed by atoms with Crippen molar-refractivity contribution in [2.24, 2.45) is 0 Å². The Morgan fingerprint density at radius 3 is 2.19 bits per heavy atom. The van der Waals surface area contributed by atoms with Crippen molar-refractivity contribution in [2.75, 3.05) is 0 Å². The zero-order valence-electron chi connectivity index (χ0n) is 19.1. The van der Waals surface area contributed by atoms with Gasteiger partial charge in [0.05, 0.1) is 5.69 Å². The minimum atomic E-state index is 0.562. The molecule has 0 aliphatic heterocycles. The van der Waals surface area contributed by atoms with Crippen LogP contribution in [0.1, 0.15) is 0 Å². The van der Waals surface area contributed by atoms with E-state index >= 15 is 0 Å². The van der Waals surface area contributed by atoms with Gasteiger partial charge in [-0.25, -0.2) is 9.97 Å². The minimum Gasteiger partial charge on any atom is -0.436 e. The molecule has 3 nitrogen and oxygen atoms in total. The summed E-state index contributed by atoms with van der Waals surface area (Å²) < 4.78 is 8.74. The van der Waals surface area contributed by atoms with Crippen LogP contribution in [-0.2, 0) is 0 Å². The van der Waals surface area contributed by atoms with Crippen LogP contribution in [0.4, 0.5) is 0 Å². The molecule has 0 fully saturated rings. The number of furan rings is 1. The maximum Gasteiger partial charge on any atom is 0.246 e. The summed E-state index contributed by atoms with van der Waals surface area (Å²) >= 11 is 1.82. The monoisotopic (exact) mass is 478 g/mol. The molecule has 0 spiro atoms. The summed E-state index contributed by atoms with van der Waals surface area (Å²) in [5.41, 5.74) is 6.00. The molecule has 0 amide bonds. The highest BCUT2D eigenvalue weighted by molar-refractivity contribution is 7.26. The second-order valence-electron chi connectivity index (χ2n) is 8.98. The van der Waals surface area contributed by atoms with E-state index < -0.39 is 0 Å². The average molecular weight is 479 g/mol. The number of rotatable bonds is 2. The van der Waals surface area contributed by atoms with Crippen molar-refractivity contribution in [3.8, 4) is 22.5 Å². The van der Waals surface area contributed by atoms with Crippen molar-refractivity contribution in [3.05, 3.63) is 109 Å². The van der Waals surface area contributed by atoms with Crippen LogP contribution in [-0.4, -0.2) is 9.97 Å². The normalized spacial score (nSPS) is 11.9. The van der Waals surface area contributed by atoms with Gasteiger partial charge in [-0.1, -0.05) is 84.9 Å². The van der Waals surface area contributed by atoms with E-state index in [1.54, 1.807) is 0 Å². The molecule has 0 unspecified atom stereocenters. The van der Waals surface area contributed by atoms with Gasteiger partial charge in [0.15, 0.2) is 0 Å². The van der Waals surface area contributed by atoms with Crippen LogP contribution in [0.3, 0.4) is 0 Å². The molecule has 168 valence electrons. The lowest BCUT2D eigenvalue weighted by Gasteiger charge is -2.13. The van der Waals surface area contributed by atoms with E-state index in [-0.39, 0.29) is 0 Å². The Bertz CT molecular complexity index is 2100. The molecule has 8 aromatic rings. The third-order valence-electron chi connectivity index (χ3n) is 6.89. The Balaban J connectivity index is 1.61. The van der Waals surface area contributed by atoms with Crippen LogP contribution in [0.25, 0.3) is 75.7 Å². The van der Waals surface area contributed by atoms with Gasteiger partial charge in [0.2, 0.25) is 5.71 Å². The van der Waals surface area contributed by atoms with Gasteiger partial charge >= 0.3 is 0 Å². The highest BCUT2D eigenvalue weighted by Crippen LogP contribution is 2.46. The molecular formula is C32H18N2OS. The van der Waals surface area contributed by atoms with Crippen LogP contribution in [0.15, 0.2) is 114 Å². The molecule has 0 aliphatic carbocycles.